The van der Waals surface area contributed by atoms with Crippen LogP contribution in [0.25, 0.3) is 0 Å². The fourth-order valence-corrected chi connectivity index (χ4v) is 3.17. The van der Waals surface area contributed by atoms with Crippen molar-refractivity contribution in [2.24, 2.45) is 5.92 Å². The molecule has 2 fully saturated rings. The van der Waals surface area contributed by atoms with Gasteiger partial charge >= 0.3 is 0 Å². The van der Waals surface area contributed by atoms with E-state index in [-0.39, 0.29) is 0 Å². The first-order valence-corrected chi connectivity index (χ1v) is 7.00. The lowest BCUT2D eigenvalue weighted by Crippen LogP contribution is -2.18. The zero-order valence-corrected chi connectivity index (χ0v) is 10.6. The van der Waals surface area contributed by atoms with E-state index >= 15 is 0 Å². The number of aromatic amines is 1. The summed E-state index contributed by atoms with van der Waals surface area (Å²) in [5.74, 6) is 3.38. The summed E-state index contributed by atoms with van der Waals surface area (Å²) in [7, 11) is 0. The summed E-state index contributed by atoms with van der Waals surface area (Å²) in [5.41, 5.74) is 0. The standard InChI is InChI=1S/C13H22N4/c1-9-7-8-14-11(9)13-15-12(16-17-13)10-5-3-2-4-6-10/h9-11,14H,2-8H2,1H3,(H,15,16,17). The molecule has 17 heavy (non-hydrogen) atoms. The Labute approximate surface area is 103 Å². The Morgan fingerprint density at radius 3 is 2.65 bits per heavy atom. The van der Waals surface area contributed by atoms with Gasteiger partial charge in [-0.25, -0.2) is 4.98 Å². The van der Waals surface area contributed by atoms with Gasteiger partial charge in [0.2, 0.25) is 0 Å². The van der Waals surface area contributed by atoms with E-state index in [9.17, 15) is 0 Å². The maximum Gasteiger partial charge on any atom is 0.153 e. The van der Waals surface area contributed by atoms with Crippen molar-refractivity contribution in [2.75, 3.05) is 6.54 Å². The Kier molecular flexibility index (Phi) is 3.14. The van der Waals surface area contributed by atoms with Gasteiger partial charge in [0.25, 0.3) is 0 Å². The van der Waals surface area contributed by atoms with Crippen LogP contribution in [0.2, 0.25) is 0 Å². The molecule has 2 heterocycles. The molecule has 4 nitrogen and oxygen atoms in total. The normalized spacial score (nSPS) is 30.9. The van der Waals surface area contributed by atoms with E-state index in [0.29, 0.717) is 17.9 Å². The molecule has 0 radical (unpaired) electrons. The van der Waals surface area contributed by atoms with Crippen LogP contribution < -0.4 is 5.32 Å². The van der Waals surface area contributed by atoms with Crippen molar-refractivity contribution in [3.63, 3.8) is 0 Å². The molecule has 0 aromatic carbocycles. The molecule has 2 unspecified atom stereocenters. The second-order valence-electron chi connectivity index (χ2n) is 5.61. The van der Waals surface area contributed by atoms with E-state index in [1.165, 1.54) is 38.5 Å². The number of rotatable bonds is 2. The molecule has 3 rings (SSSR count). The molecule has 1 saturated carbocycles. The highest BCUT2D eigenvalue weighted by Gasteiger charge is 2.28. The van der Waals surface area contributed by atoms with E-state index in [1.54, 1.807) is 0 Å². The molecule has 1 aliphatic heterocycles. The Morgan fingerprint density at radius 2 is 1.94 bits per heavy atom. The van der Waals surface area contributed by atoms with E-state index in [0.717, 1.165) is 18.2 Å². The highest BCUT2D eigenvalue weighted by atomic mass is 15.2. The van der Waals surface area contributed by atoms with Crippen LogP contribution in [-0.4, -0.2) is 21.7 Å². The Balaban J connectivity index is 1.73. The Bertz CT molecular complexity index is 367. The second kappa shape index (κ2) is 4.77. The minimum absolute atomic E-state index is 0.389. The lowest BCUT2D eigenvalue weighted by Gasteiger charge is -2.18. The van der Waals surface area contributed by atoms with Crippen molar-refractivity contribution in [3.05, 3.63) is 11.6 Å². The van der Waals surface area contributed by atoms with Crippen molar-refractivity contribution in [1.29, 1.82) is 0 Å². The third kappa shape index (κ3) is 2.23. The number of H-pyrrole nitrogens is 1. The number of hydrogen-bond donors (Lipinski definition) is 2. The van der Waals surface area contributed by atoms with Crippen LogP contribution in [0.15, 0.2) is 0 Å². The average Bonchev–Trinajstić information content (AvgIpc) is 2.98. The number of nitrogens with one attached hydrogen (secondary N) is 2. The van der Waals surface area contributed by atoms with Gasteiger partial charge in [-0.1, -0.05) is 26.2 Å². The van der Waals surface area contributed by atoms with Crippen LogP contribution in [0, 0.1) is 5.92 Å². The van der Waals surface area contributed by atoms with Gasteiger partial charge in [-0.15, -0.1) is 0 Å². The largest absolute Gasteiger partial charge is 0.307 e. The van der Waals surface area contributed by atoms with Crippen molar-refractivity contribution in [2.45, 2.75) is 57.4 Å². The molecule has 0 spiro atoms. The van der Waals surface area contributed by atoms with Crippen LogP contribution in [0.3, 0.4) is 0 Å². The molecule has 0 amide bonds. The topological polar surface area (TPSA) is 53.6 Å². The first-order valence-electron chi connectivity index (χ1n) is 7.00. The zero-order chi connectivity index (χ0) is 11.7. The number of nitrogens with zero attached hydrogens (tertiary/aromatic N) is 2. The van der Waals surface area contributed by atoms with Crippen molar-refractivity contribution in [1.82, 2.24) is 20.5 Å². The molecule has 94 valence electrons. The first-order chi connectivity index (χ1) is 8.34. The Hall–Kier alpha value is -0.900. The molecule has 2 N–H and O–H groups in total. The molecule has 0 bridgehead atoms. The van der Waals surface area contributed by atoms with E-state index in [4.69, 9.17) is 4.98 Å². The second-order valence-corrected chi connectivity index (χ2v) is 5.61. The van der Waals surface area contributed by atoms with Gasteiger partial charge in [0, 0.05) is 5.92 Å². The highest BCUT2D eigenvalue weighted by molar-refractivity contribution is 5.05. The number of aromatic nitrogens is 3. The zero-order valence-electron chi connectivity index (χ0n) is 10.6. The molecular formula is C13H22N4. The van der Waals surface area contributed by atoms with Crippen LogP contribution in [0.1, 0.15) is 69.1 Å². The van der Waals surface area contributed by atoms with E-state index in [1.807, 2.05) is 0 Å². The summed E-state index contributed by atoms with van der Waals surface area (Å²) in [5, 5.41) is 11.1. The highest BCUT2D eigenvalue weighted by Crippen LogP contribution is 2.32. The van der Waals surface area contributed by atoms with Gasteiger partial charge in [-0.2, -0.15) is 5.10 Å². The summed E-state index contributed by atoms with van der Waals surface area (Å²) >= 11 is 0. The van der Waals surface area contributed by atoms with E-state index in [2.05, 4.69) is 22.4 Å². The molecule has 1 aromatic heterocycles. The monoisotopic (exact) mass is 234 g/mol. The third-order valence-corrected chi connectivity index (χ3v) is 4.32. The van der Waals surface area contributed by atoms with Crippen LogP contribution in [0.5, 0.6) is 0 Å². The lowest BCUT2D eigenvalue weighted by molar-refractivity contribution is 0.428. The van der Waals surface area contributed by atoms with Gasteiger partial charge in [0.1, 0.15) is 5.82 Å². The quantitative estimate of drug-likeness (QED) is 0.826. The molecule has 1 saturated heterocycles. The molecule has 1 aromatic rings. The molecule has 2 aliphatic rings. The molecule has 1 aliphatic carbocycles. The maximum atomic E-state index is 4.74. The van der Waals surface area contributed by atoms with E-state index < -0.39 is 0 Å². The lowest BCUT2D eigenvalue weighted by atomic mass is 9.89. The van der Waals surface area contributed by atoms with Crippen LogP contribution in [-0.2, 0) is 0 Å². The summed E-state index contributed by atoms with van der Waals surface area (Å²) in [4.78, 5) is 4.74. The summed E-state index contributed by atoms with van der Waals surface area (Å²) in [6, 6.07) is 0.389. The van der Waals surface area contributed by atoms with Crippen LogP contribution in [0.4, 0.5) is 0 Å². The summed E-state index contributed by atoms with van der Waals surface area (Å²) in [6.07, 6.45) is 7.84. The number of hydrogen-bond acceptors (Lipinski definition) is 3. The average molecular weight is 234 g/mol. The Morgan fingerprint density at radius 1 is 1.12 bits per heavy atom. The van der Waals surface area contributed by atoms with Crippen molar-refractivity contribution in [3.8, 4) is 0 Å². The fraction of sp³-hybridized carbons (Fsp3) is 0.846. The fourth-order valence-electron chi connectivity index (χ4n) is 3.17. The summed E-state index contributed by atoms with van der Waals surface area (Å²) in [6.45, 7) is 3.39. The molecule has 4 heteroatoms. The SMILES string of the molecule is CC1CCNC1c1nc(C2CCCCC2)n[nH]1. The van der Waals surface area contributed by atoms with Gasteiger partial charge in [-0.05, 0) is 31.7 Å². The van der Waals surface area contributed by atoms with Crippen LogP contribution >= 0.6 is 0 Å². The van der Waals surface area contributed by atoms with Crippen molar-refractivity contribution >= 4 is 0 Å². The molecular weight excluding hydrogens is 212 g/mol. The van der Waals surface area contributed by atoms with Gasteiger partial charge < -0.3 is 5.32 Å². The molecule has 2 atom stereocenters. The smallest absolute Gasteiger partial charge is 0.153 e. The van der Waals surface area contributed by atoms with Crippen molar-refractivity contribution < 1.29 is 0 Å². The van der Waals surface area contributed by atoms with Gasteiger partial charge in [0.05, 0.1) is 6.04 Å². The van der Waals surface area contributed by atoms with Gasteiger partial charge in [-0.3, -0.25) is 5.10 Å². The minimum Gasteiger partial charge on any atom is -0.307 e. The summed E-state index contributed by atoms with van der Waals surface area (Å²) < 4.78 is 0. The van der Waals surface area contributed by atoms with Gasteiger partial charge in [0.15, 0.2) is 5.82 Å². The third-order valence-electron chi connectivity index (χ3n) is 4.32. The first kappa shape index (κ1) is 11.2. The minimum atomic E-state index is 0.389. The predicted octanol–water partition coefficient (Wildman–Crippen LogP) is 2.52. The maximum absolute atomic E-state index is 4.74. The predicted molar refractivity (Wildman–Crippen MR) is 66.7 cm³/mol.